The van der Waals surface area contributed by atoms with Crippen LogP contribution in [0.2, 0.25) is 0 Å². The molecule has 1 atom stereocenters. The van der Waals surface area contributed by atoms with Gasteiger partial charge in [0.1, 0.15) is 0 Å². The Kier molecular flexibility index (Phi) is 5.60. The Hall–Kier alpha value is -2.47. The number of rotatable bonds is 7. The fourth-order valence-electron chi connectivity index (χ4n) is 2.57. The molecule has 1 N–H and O–H groups in total. The first kappa shape index (κ1) is 17.4. The van der Waals surface area contributed by atoms with E-state index in [1.165, 1.54) is 5.56 Å². The summed E-state index contributed by atoms with van der Waals surface area (Å²) in [5.74, 6) is 1.06. The second-order valence-corrected chi connectivity index (χ2v) is 6.88. The average Bonchev–Trinajstić information content (AvgIpc) is 3.30. The maximum atomic E-state index is 12.3. The van der Waals surface area contributed by atoms with E-state index in [0.717, 1.165) is 16.9 Å². The van der Waals surface area contributed by atoms with Crippen LogP contribution in [0, 0.1) is 6.92 Å². The highest BCUT2D eigenvalue weighted by atomic mass is 32.1. The Morgan fingerprint density at radius 2 is 2.08 bits per heavy atom. The number of benzene rings is 1. The molecule has 0 saturated heterocycles. The molecule has 1 aromatic carbocycles. The smallest absolute Gasteiger partial charge is 0.227 e. The minimum Gasteiger partial charge on any atom is -0.349 e. The van der Waals surface area contributed by atoms with Crippen molar-refractivity contribution in [1.82, 2.24) is 15.5 Å². The first-order valence-corrected chi connectivity index (χ1v) is 9.26. The zero-order chi connectivity index (χ0) is 17.6. The van der Waals surface area contributed by atoms with Crippen molar-refractivity contribution < 1.29 is 9.32 Å². The third kappa shape index (κ3) is 4.54. The van der Waals surface area contributed by atoms with Crippen LogP contribution in [0.25, 0.3) is 10.7 Å². The third-order valence-electron chi connectivity index (χ3n) is 4.00. The number of hydrogen-bond donors (Lipinski definition) is 1. The second kappa shape index (κ2) is 8.07. The summed E-state index contributed by atoms with van der Waals surface area (Å²) in [7, 11) is 0. The van der Waals surface area contributed by atoms with E-state index < -0.39 is 0 Å². The summed E-state index contributed by atoms with van der Waals surface area (Å²) in [4.78, 5) is 17.6. The Labute approximate surface area is 151 Å². The van der Waals surface area contributed by atoms with E-state index in [0.29, 0.717) is 24.6 Å². The molecule has 5 nitrogen and oxygen atoms in total. The van der Waals surface area contributed by atoms with Crippen molar-refractivity contribution >= 4 is 17.2 Å². The van der Waals surface area contributed by atoms with Crippen LogP contribution in [0.4, 0.5) is 0 Å². The van der Waals surface area contributed by atoms with Crippen molar-refractivity contribution in [3.8, 4) is 10.7 Å². The van der Waals surface area contributed by atoms with Gasteiger partial charge in [-0.05, 0) is 30.4 Å². The summed E-state index contributed by atoms with van der Waals surface area (Å²) in [5.41, 5.74) is 2.34. The SMILES string of the molecule is CCC(NC(=O)CCc1nc(-c2cccs2)no1)c1ccc(C)cc1. The highest BCUT2D eigenvalue weighted by Crippen LogP contribution is 2.22. The number of nitrogens with zero attached hydrogens (tertiary/aromatic N) is 2. The summed E-state index contributed by atoms with van der Waals surface area (Å²) in [6, 6.07) is 12.2. The van der Waals surface area contributed by atoms with E-state index in [9.17, 15) is 4.79 Å². The molecule has 0 bridgehead atoms. The van der Waals surface area contributed by atoms with Crippen LogP contribution >= 0.6 is 11.3 Å². The van der Waals surface area contributed by atoms with Gasteiger partial charge in [-0.2, -0.15) is 4.98 Å². The first-order valence-electron chi connectivity index (χ1n) is 8.38. The zero-order valence-corrected chi connectivity index (χ0v) is 15.2. The Bertz CT molecular complexity index is 810. The molecule has 6 heteroatoms. The van der Waals surface area contributed by atoms with Gasteiger partial charge in [-0.1, -0.05) is 48.0 Å². The lowest BCUT2D eigenvalue weighted by Gasteiger charge is -2.17. The molecular formula is C19H21N3O2S. The van der Waals surface area contributed by atoms with Gasteiger partial charge in [0.15, 0.2) is 0 Å². The lowest BCUT2D eigenvalue weighted by atomic mass is 10.0. The molecule has 25 heavy (non-hydrogen) atoms. The molecule has 0 aliphatic rings. The Morgan fingerprint density at radius 3 is 2.76 bits per heavy atom. The van der Waals surface area contributed by atoms with Crippen molar-refractivity contribution in [3.63, 3.8) is 0 Å². The number of aryl methyl sites for hydroxylation is 2. The first-order chi connectivity index (χ1) is 12.2. The van der Waals surface area contributed by atoms with Crippen molar-refractivity contribution in [3.05, 3.63) is 58.8 Å². The Balaban J connectivity index is 1.54. The van der Waals surface area contributed by atoms with Gasteiger partial charge in [-0.15, -0.1) is 11.3 Å². The quantitative estimate of drug-likeness (QED) is 0.686. The highest BCUT2D eigenvalue weighted by molar-refractivity contribution is 7.13. The van der Waals surface area contributed by atoms with Crippen molar-refractivity contribution in [2.45, 2.75) is 39.2 Å². The molecule has 2 aromatic heterocycles. The van der Waals surface area contributed by atoms with Gasteiger partial charge in [0, 0.05) is 12.8 Å². The van der Waals surface area contributed by atoms with Gasteiger partial charge in [0.25, 0.3) is 0 Å². The molecule has 0 radical (unpaired) electrons. The van der Waals surface area contributed by atoms with Gasteiger partial charge in [0.05, 0.1) is 10.9 Å². The second-order valence-electron chi connectivity index (χ2n) is 5.93. The number of aromatic nitrogens is 2. The van der Waals surface area contributed by atoms with E-state index >= 15 is 0 Å². The van der Waals surface area contributed by atoms with E-state index in [2.05, 4.69) is 53.6 Å². The van der Waals surface area contributed by atoms with Gasteiger partial charge < -0.3 is 9.84 Å². The standard InChI is InChI=1S/C19H21N3O2S/c1-3-15(14-8-6-13(2)7-9-14)20-17(23)10-11-18-21-19(22-24-18)16-5-4-12-25-16/h4-9,12,15H,3,10-11H2,1-2H3,(H,20,23). The van der Waals surface area contributed by atoms with E-state index in [1.807, 2.05) is 17.5 Å². The number of thiophene rings is 1. The lowest BCUT2D eigenvalue weighted by Crippen LogP contribution is -2.28. The molecule has 130 valence electrons. The molecule has 0 fully saturated rings. The molecule has 2 heterocycles. The van der Waals surface area contributed by atoms with Crippen molar-refractivity contribution in [2.75, 3.05) is 0 Å². The van der Waals surface area contributed by atoms with Gasteiger partial charge >= 0.3 is 0 Å². The highest BCUT2D eigenvalue weighted by Gasteiger charge is 2.15. The van der Waals surface area contributed by atoms with Crippen LogP contribution in [-0.2, 0) is 11.2 Å². The van der Waals surface area contributed by atoms with Crippen LogP contribution in [0.5, 0.6) is 0 Å². The topological polar surface area (TPSA) is 68.0 Å². The van der Waals surface area contributed by atoms with Crippen molar-refractivity contribution in [1.29, 1.82) is 0 Å². The number of amides is 1. The lowest BCUT2D eigenvalue weighted by molar-refractivity contribution is -0.121. The molecule has 1 amide bonds. The largest absolute Gasteiger partial charge is 0.349 e. The third-order valence-corrected chi connectivity index (χ3v) is 4.86. The van der Waals surface area contributed by atoms with Crippen LogP contribution < -0.4 is 5.32 Å². The predicted octanol–water partition coefficient (Wildman–Crippen LogP) is 4.31. The average molecular weight is 355 g/mol. The van der Waals surface area contributed by atoms with E-state index in [4.69, 9.17) is 4.52 Å². The van der Waals surface area contributed by atoms with Gasteiger partial charge in [0.2, 0.25) is 17.6 Å². The zero-order valence-electron chi connectivity index (χ0n) is 14.4. The number of carbonyl (C=O) groups is 1. The van der Waals surface area contributed by atoms with E-state index in [1.54, 1.807) is 11.3 Å². The van der Waals surface area contributed by atoms with E-state index in [-0.39, 0.29) is 11.9 Å². The molecule has 0 aliphatic heterocycles. The summed E-state index contributed by atoms with van der Waals surface area (Å²) < 4.78 is 5.23. The predicted molar refractivity (Wildman–Crippen MR) is 98.3 cm³/mol. The monoisotopic (exact) mass is 355 g/mol. The van der Waals surface area contributed by atoms with Crippen molar-refractivity contribution in [2.24, 2.45) is 0 Å². The fourth-order valence-corrected chi connectivity index (χ4v) is 3.22. The molecule has 1 unspecified atom stereocenters. The molecule has 0 spiro atoms. The normalized spacial score (nSPS) is 12.1. The summed E-state index contributed by atoms with van der Waals surface area (Å²) >= 11 is 1.56. The maximum absolute atomic E-state index is 12.3. The van der Waals surface area contributed by atoms with Crippen LogP contribution in [0.15, 0.2) is 46.3 Å². The minimum absolute atomic E-state index is 0.0108. The molecule has 0 aliphatic carbocycles. The summed E-state index contributed by atoms with van der Waals surface area (Å²) in [6.45, 7) is 4.12. The molecule has 3 aromatic rings. The number of nitrogens with one attached hydrogen (secondary N) is 1. The summed E-state index contributed by atoms with van der Waals surface area (Å²) in [5, 5.41) is 9.01. The number of hydrogen-bond acceptors (Lipinski definition) is 5. The summed E-state index contributed by atoms with van der Waals surface area (Å²) in [6.07, 6.45) is 1.61. The molecule has 3 rings (SSSR count). The van der Waals surface area contributed by atoms with Gasteiger partial charge in [-0.25, -0.2) is 0 Å². The van der Waals surface area contributed by atoms with Crippen LogP contribution in [-0.4, -0.2) is 16.0 Å². The Morgan fingerprint density at radius 1 is 1.28 bits per heavy atom. The van der Waals surface area contributed by atoms with Crippen LogP contribution in [0.1, 0.15) is 42.8 Å². The number of carbonyl (C=O) groups excluding carboxylic acids is 1. The maximum Gasteiger partial charge on any atom is 0.227 e. The van der Waals surface area contributed by atoms with Gasteiger partial charge in [-0.3, -0.25) is 4.79 Å². The van der Waals surface area contributed by atoms with Crippen LogP contribution in [0.3, 0.4) is 0 Å². The fraction of sp³-hybridized carbons (Fsp3) is 0.316. The minimum atomic E-state index is -0.0108. The molecule has 0 saturated carbocycles. The molecular weight excluding hydrogens is 334 g/mol.